The fourth-order valence-corrected chi connectivity index (χ4v) is 21.5. The first-order valence-electron chi connectivity index (χ1n) is 43.8. The molecule has 1 unspecified atom stereocenters. The van der Waals surface area contributed by atoms with Crippen LogP contribution in [0.15, 0.2) is 358 Å². The number of terminal acetylenes is 1. The summed E-state index contributed by atoms with van der Waals surface area (Å²) in [7, 11) is 0. The van der Waals surface area contributed by atoms with Gasteiger partial charge in [0.25, 0.3) is 0 Å². The highest BCUT2D eigenvalue weighted by Gasteiger charge is 2.63. The monoisotopic (exact) mass is 1800 g/mol. The van der Waals surface area contributed by atoms with Crippen LogP contribution in [0.2, 0.25) is 15.1 Å². The van der Waals surface area contributed by atoms with Gasteiger partial charge in [0.05, 0.1) is 57.4 Å². The molecule has 19 rings (SSSR count). The Labute approximate surface area is 774 Å². The van der Waals surface area contributed by atoms with E-state index < -0.39 is 131 Å². The van der Waals surface area contributed by atoms with Crippen molar-refractivity contribution in [3.63, 3.8) is 0 Å². The van der Waals surface area contributed by atoms with Crippen molar-refractivity contribution in [2.24, 2.45) is 47.3 Å². The van der Waals surface area contributed by atoms with Gasteiger partial charge in [0.2, 0.25) is 0 Å². The van der Waals surface area contributed by atoms with Gasteiger partial charge < -0.3 is 39.4 Å². The number of hydrogen-bond acceptors (Lipinski definition) is 12. The average molecular weight is 1800 g/mol. The van der Waals surface area contributed by atoms with Gasteiger partial charge in [-0.3, -0.25) is 38.4 Å². The number of ether oxygens (including phenoxy) is 4. The summed E-state index contributed by atoms with van der Waals surface area (Å²) in [6.07, 6.45) is 9.19. The molecule has 6 aliphatic carbocycles. The van der Waals surface area contributed by atoms with E-state index in [2.05, 4.69) is 42.3 Å². The summed E-state index contributed by atoms with van der Waals surface area (Å²) in [5, 5.41) is 40.6. The van der Waals surface area contributed by atoms with Crippen LogP contribution < -0.4 is 9.47 Å². The molecule has 5 saturated carbocycles. The Hall–Kier alpha value is -14.0. The van der Waals surface area contributed by atoms with Crippen LogP contribution in [0.25, 0.3) is 11.1 Å². The van der Waals surface area contributed by atoms with Crippen LogP contribution in [0, 0.1) is 59.7 Å². The number of benzene rings is 13. The predicted octanol–water partition coefficient (Wildman–Crippen LogP) is 23.3. The molecule has 6 aliphatic rings. The summed E-state index contributed by atoms with van der Waals surface area (Å²) < 4.78 is 23.6. The smallest absolute Gasteiger partial charge is 0.315 e. The summed E-state index contributed by atoms with van der Waals surface area (Å²) in [5.74, 6) is -11.1. The standard InChI is InChI=1S/C32H26O4.C30H30O4.C26H20O4.C24H17Cl3O4/c33-31(34)29-27(20-11-3-1-4-12-20)30(28(29)21-13-5-2-6-14-21)32(35)36-19-26-24-17-9-7-15-22(24)23-16-8-10-18-25(23)26;31-29(32)27-25(21-14-6-2-7-15-21)28(26(27)22-16-8-3-9-17-22)30(33)34-24-19-11-10-18-23(24)20-12-4-1-5-13-20;1-2-17-13-15-20(16-14-17)30-26(29)24-21(18-9-5-3-6-10-18)23(25(27)28)22(24)19-11-7-4-8-12-19;25-15-11-12-16(22(27)21(15)26)31-24(30)20-17(13-7-3-1-4-8-13)19(23(28)29)18(20)14-9-5-2-6-10-14/h1-18,26-30H,19H2,(H,33,34);1-9,12-17,23-28H,10-11,18-19H2,(H,31,32);1,3-16,21-24H,(H,27,28);1-12,17-20H,(H,28,29)/t27-,28-,29?,30?;23-,24?,25-,26-,27?,28?;21-,22-,23?,24?;17-,18-,19?,20?/m0000/s1. The normalized spacial score (nSPS) is 23.9. The third-order valence-electron chi connectivity index (χ3n) is 26.9. The van der Waals surface area contributed by atoms with E-state index in [4.69, 9.17) is 60.2 Å². The molecule has 0 heterocycles. The van der Waals surface area contributed by atoms with Gasteiger partial charge in [0.15, 0.2) is 5.75 Å². The van der Waals surface area contributed by atoms with Gasteiger partial charge >= 0.3 is 47.8 Å². The molecule has 4 N–H and O–H groups in total. The van der Waals surface area contributed by atoms with Gasteiger partial charge in [-0.05, 0) is 128 Å². The molecule has 10 atom stereocenters. The quantitative estimate of drug-likeness (QED) is 0.0213. The van der Waals surface area contributed by atoms with Crippen molar-refractivity contribution in [2.45, 2.75) is 91.0 Å². The van der Waals surface area contributed by atoms with E-state index in [1.165, 1.54) is 28.8 Å². The SMILES string of the molecule is C#Cc1ccc(OC(=O)C2[C@@H](c3ccccc3)C(C(=O)O)[C@@H]2c2ccccc2)cc1.O=C(O)C1[C@H](c2ccccc2)C(C(=O)OC2CCCC[C@H]2c2ccccc2)[C@H]1c1ccccc1.O=C(O)C1[C@H](c2ccccc2)C(C(=O)OCC2c3ccccc3-c3ccccc32)[C@H]1c1ccccc1.O=C(O)C1[C@H](c2ccccc2)C(C(=O)Oc2ccc(Cl)c(Cl)c2Cl)[C@H]1c1ccccc1. The lowest BCUT2D eigenvalue weighted by Crippen LogP contribution is -2.52. The highest BCUT2D eigenvalue weighted by molar-refractivity contribution is 6.48. The second-order valence-electron chi connectivity index (χ2n) is 33.9. The molecule has 13 aromatic carbocycles. The molecule has 0 radical (unpaired) electrons. The largest absolute Gasteiger partial charge is 0.481 e. The molecule has 0 bridgehead atoms. The maximum absolute atomic E-state index is 13.8. The minimum atomic E-state index is -0.959. The van der Waals surface area contributed by atoms with Gasteiger partial charge in [-0.1, -0.05) is 369 Å². The first kappa shape index (κ1) is 90.4. The number of carboxylic acids is 4. The Kier molecular flexibility index (Phi) is 28.4. The molecule has 13 aromatic rings. The molecule has 0 amide bonds. The third kappa shape index (κ3) is 19.1. The molecule has 0 spiro atoms. The van der Waals surface area contributed by atoms with E-state index >= 15 is 0 Å². The van der Waals surface area contributed by atoms with Crippen LogP contribution in [0.1, 0.15) is 152 Å². The van der Waals surface area contributed by atoms with Gasteiger partial charge in [0.1, 0.15) is 23.5 Å². The van der Waals surface area contributed by atoms with E-state index in [-0.39, 0.29) is 57.3 Å². The van der Waals surface area contributed by atoms with Crippen LogP contribution in [0.4, 0.5) is 0 Å². The highest BCUT2D eigenvalue weighted by atomic mass is 35.5. The van der Waals surface area contributed by atoms with Gasteiger partial charge in [-0.15, -0.1) is 6.42 Å². The minimum Gasteiger partial charge on any atom is -0.481 e. The predicted molar refractivity (Wildman–Crippen MR) is 501 cm³/mol. The minimum absolute atomic E-state index is 0.0316. The number of rotatable bonds is 22. The van der Waals surface area contributed by atoms with Crippen LogP contribution in [0.5, 0.6) is 11.5 Å². The zero-order chi connectivity index (χ0) is 91.3. The van der Waals surface area contributed by atoms with Crippen LogP contribution in [0.3, 0.4) is 0 Å². The molecule has 0 saturated heterocycles. The Balaban J connectivity index is 0.000000128. The number of hydrogen-bond donors (Lipinski definition) is 4. The van der Waals surface area contributed by atoms with Gasteiger partial charge in [-0.25, -0.2) is 0 Å². The van der Waals surface area contributed by atoms with E-state index in [0.29, 0.717) is 11.3 Å². The number of carbonyl (C=O) groups excluding carboxylic acids is 4. The number of carboxylic acid groups (broad SMARTS) is 4. The van der Waals surface area contributed by atoms with Crippen molar-refractivity contribution in [1.29, 1.82) is 0 Å². The summed E-state index contributed by atoms with van der Waals surface area (Å²) in [5.41, 5.74) is 13.2. The second kappa shape index (κ2) is 41.2. The molecule has 19 heteroatoms. The number of fused-ring (bicyclic) bond motifs is 3. The fourth-order valence-electron chi connectivity index (χ4n) is 20.9. The highest BCUT2D eigenvalue weighted by Crippen LogP contribution is 2.63. The maximum atomic E-state index is 13.8. The number of esters is 4. The summed E-state index contributed by atoms with van der Waals surface area (Å²) >= 11 is 18.2. The lowest BCUT2D eigenvalue weighted by molar-refractivity contribution is -0.170. The number of carbonyl (C=O) groups is 8. The molecule has 658 valence electrons. The summed E-state index contributed by atoms with van der Waals surface area (Å²) in [4.78, 5) is 103. The van der Waals surface area contributed by atoms with Crippen molar-refractivity contribution >= 4 is 82.6 Å². The van der Waals surface area contributed by atoms with E-state index in [0.717, 1.165) is 81.3 Å². The molecule has 16 nitrogen and oxygen atoms in total. The van der Waals surface area contributed by atoms with Crippen molar-refractivity contribution < 1.29 is 77.7 Å². The van der Waals surface area contributed by atoms with Crippen molar-refractivity contribution in [3.8, 4) is 35.0 Å². The first-order valence-corrected chi connectivity index (χ1v) is 45.0. The Morgan fingerprint density at radius 1 is 0.305 bits per heavy atom. The van der Waals surface area contributed by atoms with E-state index in [1.807, 2.05) is 285 Å². The summed E-state index contributed by atoms with van der Waals surface area (Å²) in [6, 6.07) is 111. The maximum Gasteiger partial charge on any atom is 0.315 e. The lowest BCUT2D eigenvalue weighted by Gasteiger charge is -2.49. The van der Waals surface area contributed by atoms with Gasteiger partial charge in [-0.2, -0.15) is 0 Å². The van der Waals surface area contributed by atoms with Crippen LogP contribution in [-0.4, -0.2) is 80.9 Å². The van der Waals surface area contributed by atoms with E-state index in [1.54, 1.807) is 24.3 Å². The molecule has 131 heavy (non-hydrogen) atoms. The molecule has 5 fully saturated rings. The van der Waals surface area contributed by atoms with Crippen molar-refractivity contribution in [2.75, 3.05) is 6.61 Å². The van der Waals surface area contributed by atoms with Crippen molar-refractivity contribution in [3.05, 3.63) is 440 Å². The molecule has 0 aliphatic heterocycles. The molecular formula is C112H93Cl3O16. The fraction of sp³-hybridized carbons (Fsp3) is 0.214. The lowest BCUT2D eigenvalue weighted by atomic mass is 9.52. The van der Waals surface area contributed by atoms with Gasteiger partial charge in [0, 0.05) is 64.7 Å². The number of aliphatic carboxylic acids is 4. The molecular weight excluding hydrogens is 1710 g/mol. The summed E-state index contributed by atoms with van der Waals surface area (Å²) in [6.45, 7) is 0.226. The van der Waals surface area contributed by atoms with Crippen LogP contribution in [-0.2, 0) is 47.8 Å². The van der Waals surface area contributed by atoms with Crippen LogP contribution >= 0.6 is 34.8 Å². The van der Waals surface area contributed by atoms with Crippen molar-refractivity contribution in [1.82, 2.24) is 0 Å². The number of halogens is 3. The zero-order valence-electron chi connectivity index (χ0n) is 71.0. The topological polar surface area (TPSA) is 254 Å². The Morgan fingerprint density at radius 3 is 0.924 bits per heavy atom. The zero-order valence-corrected chi connectivity index (χ0v) is 73.2. The Bertz CT molecular complexity index is 6020. The average Bonchev–Trinajstić information content (AvgIpc) is 1.76. The molecule has 0 aromatic heterocycles. The second-order valence-corrected chi connectivity index (χ2v) is 35.0. The van der Waals surface area contributed by atoms with E-state index in [9.17, 15) is 58.8 Å². The first-order chi connectivity index (χ1) is 63.8. The third-order valence-corrected chi connectivity index (χ3v) is 28.2. The Morgan fingerprint density at radius 2 is 0.595 bits per heavy atom.